The van der Waals surface area contributed by atoms with Crippen LogP contribution in [0.25, 0.3) is 5.52 Å². The lowest BCUT2D eigenvalue weighted by atomic mass is 10.0. The standard InChI is InChI=1S/C14H11F2N3O/c15-10-3-9(4-11(16)6-10)5-14(20)12-7-18-19-2-1-17-8-13(12)19/h1-4,6-8,14,20H,5H2. The summed E-state index contributed by atoms with van der Waals surface area (Å²) in [5.41, 5.74) is 1.62. The highest BCUT2D eigenvalue weighted by Crippen LogP contribution is 2.22. The molecule has 6 heteroatoms. The molecule has 0 radical (unpaired) electrons. The topological polar surface area (TPSA) is 50.4 Å². The second-order valence-electron chi connectivity index (χ2n) is 4.50. The molecule has 0 amide bonds. The predicted octanol–water partition coefficient (Wildman–Crippen LogP) is 2.28. The van der Waals surface area contributed by atoms with Gasteiger partial charge in [-0.3, -0.25) is 4.98 Å². The van der Waals surface area contributed by atoms with E-state index in [1.807, 2.05) is 0 Å². The molecular formula is C14H11F2N3O. The fourth-order valence-electron chi connectivity index (χ4n) is 2.17. The normalized spacial score (nSPS) is 12.8. The smallest absolute Gasteiger partial charge is 0.126 e. The quantitative estimate of drug-likeness (QED) is 0.798. The first-order valence-electron chi connectivity index (χ1n) is 6.04. The molecule has 0 saturated carbocycles. The van der Waals surface area contributed by atoms with E-state index >= 15 is 0 Å². The van der Waals surface area contributed by atoms with Crippen LogP contribution in [-0.2, 0) is 6.42 Å². The van der Waals surface area contributed by atoms with E-state index in [9.17, 15) is 13.9 Å². The molecule has 4 nitrogen and oxygen atoms in total. The van der Waals surface area contributed by atoms with Crippen LogP contribution in [-0.4, -0.2) is 19.7 Å². The van der Waals surface area contributed by atoms with E-state index in [0.717, 1.165) is 6.07 Å². The van der Waals surface area contributed by atoms with Crippen LogP contribution in [0.2, 0.25) is 0 Å². The molecule has 20 heavy (non-hydrogen) atoms. The number of nitrogens with zero attached hydrogens (tertiary/aromatic N) is 3. The average molecular weight is 275 g/mol. The first kappa shape index (κ1) is 12.7. The minimum atomic E-state index is -0.905. The number of halogens is 2. The van der Waals surface area contributed by atoms with Gasteiger partial charge in [-0.2, -0.15) is 5.10 Å². The van der Waals surface area contributed by atoms with Crippen molar-refractivity contribution in [3.8, 4) is 0 Å². The zero-order valence-corrected chi connectivity index (χ0v) is 10.4. The van der Waals surface area contributed by atoms with Gasteiger partial charge in [-0.1, -0.05) is 0 Å². The first-order valence-corrected chi connectivity index (χ1v) is 6.04. The van der Waals surface area contributed by atoms with Crippen molar-refractivity contribution in [2.24, 2.45) is 0 Å². The maximum Gasteiger partial charge on any atom is 0.126 e. The number of aromatic nitrogens is 3. The van der Waals surface area contributed by atoms with Crippen LogP contribution in [0.15, 0.2) is 43.0 Å². The Hall–Kier alpha value is -2.34. The minimum absolute atomic E-state index is 0.102. The number of fused-ring (bicyclic) bond motifs is 1. The molecule has 2 heterocycles. The number of hydrogen-bond acceptors (Lipinski definition) is 3. The summed E-state index contributed by atoms with van der Waals surface area (Å²) in [5.74, 6) is -1.32. The summed E-state index contributed by atoms with van der Waals surface area (Å²) < 4.78 is 27.8. The van der Waals surface area contributed by atoms with Gasteiger partial charge in [0.05, 0.1) is 24.0 Å². The molecule has 3 aromatic rings. The molecule has 0 bridgehead atoms. The van der Waals surface area contributed by atoms with Crippen LogP contribution < -0.4 is 0 Å². The van der Waals surface area contributed by atoms with Crippen molar-refractivity contribution in [1.82, 2.24) is 14.6 Å². The van der Waals surface area contributed by atoms with Gasteiger partial charge in [0, 0.05) is 30.4 Å². The van der Waals surface area contributed by atoms with E-state index < -0.39 is 17.7 Å². The first-order chi connectivity index (χ1) is 9.63. The van der Waals surface area contributed by atoms with Crippen LogP contribution in [0.5, 0.6) is 0 Å². The van der Waals surface area contributed by atoms with Crippen LogP contribution >= 0.6 is 0 Å². The molecule has 0 fully saturated rings. The van der Waals surface area contributed by atoms with Crippen LogP contribution in [0, 0.1) is 11.6 Å². The van der Waals surface area contributed by atoms with E-state index in [4.69, 9.17) is 0 Å². The van der Waals surface area contributed by atoms with Gasteiger partial charge in [-0.05, 0) is 17.7 Å². The SMILES string of the molecule is OC(Cc1cc(F)cc(F)c1)c1cnn2ccncc12. The number of rotatable bonds is 3. The Balaban J connectivity index is 1.91. The van der Waals surface area contributed by atoms with Gasteiger partial charge in [-0.15, -0.1) is 0 Å². The summed E-state index contributed by atoms with van der Waals surface area (Å²) in [4.78, 5) is 3.97. The Morgan fingerprint density at radius 1 is 1.15 bits per heavy atom. The van der Waals surface area contributed by atoms with Crippen molar-refractivity contribution in [1.29, 1.82) is 0 Å². The average Bonchev–Trinajstić information content (AvgIpc) is 2.81. The van der Waals surface area contributed by atoms with E-state index in [1.165, 1.54) is 18.3 Å². The van der Waals surface area contributed by atoms with Gasteiger partial charge < -0.3 is 5.11 Å². The lowest BCUT2D eigenvalue weighted by Gasteiger charge is -2.09. The molecule has 0 aliphatic heterocycles. The monoisotopic (exact) mass is 275 g/mol. The minimum Gasteiger partial charge on any atom is -0.388 e. The third kappa shape index (κ3) is 2.37. The molecule has 2 aromatic heterocycles. The number of benzene rings is 1. The Bertz CT molecular complexity index is 737. The maximum absolute atomic E-state index is 13.1. The largest absolute Gasteiger partial charge is 0.388 e. The summed E-state index contributed by atoms with van der Waals surface area (Å²) in [6.45, 7) is 0. The third-order valence-electron chi connectivity index (χ3n) is 3.06. The molecule has 0 saturated heterocycles. The summed E-state index contributed by atoms with van der Waals surface area (Å²) in [6, 6.07) is 3.21. The molecule has 0 spiro atoms. The van der Waals surface area contributed by atoms with Crippen LogP contribution in [0.1, 0.15) is 17.2 Å². The Labute approximate surface area is 113 Å². The number of aliphatic hydroxyl groups excluding tert-OH is 1. The fraction of sp³-hybridized carbons (Fsp3) is 0.143. The zero-order chi connectivity index (χ0) is 14.1. The van der Waals surface area contributed by atoms with Gasteiger partial charge >= 0.3 is 0 Å². The van der Waals surface area contributed by atoms with Gasteiger partial charge in [0.15, 0.2) is 0 Å². The summed E-state index contributed by atoms with van der Waals surface area (Å²) in [5, 5.41) is 14.3. The van der Waals surface area contributed by atoms with Crippen molar-refractivity contribution in [3.05, 3.63) is 65.7 Å². The van der Waals surface area contributed by atoms with Crippen molar-refractivity contribution in [2.75, 3.05) is 0 Å². The zero-order valence-electron chi connectivity index (χ0n) is 10.4. The fourth-order valence-corrected chi connectivity index (χ4v) is 2.17. The lowest BCUT2D eigenvalue weighted by Crippen LogP contribution is -2.02. The molecule has 0 aliphatic carbocycles. The molecule has 3 rings (SSSR count). The van der Waals surface area contributed by atoms with Crippen LogP contribution in [0.4, 0.5) is 8.78 Å². The molecule has 1 N–H and O–H groups in total. The van der Waals surface area contributed by atoms with E-state index in [2.05, 4.69) is 10.1 Å². The predicted molar refractivity (Wildman–Crippen MR) is 68.0 cm³/mol. The van der Waals surface area contributed by atoms with Gasteiger partial charge in [-0.25, -0.2) is 13.3 Å². The Kier molecular flexibility index (Phi) is 3.15. The summed E-state index contributed by atoms with van der Waals surface area (Å²) in [6.07, 6.45) is 5.55. The van der Waals surface area contributed by atoms with E-state index in [-0.39, 0.29) is 6.42 Å². The highest BCUT2D eigenvalue weighted by Gasteiger charge is 2.15. The molecular weight excluding hydrogens is 264 g/mol. The Morgan fingerprint density at radius 3 is 2.65 bits per heavy atom. The van der Waals surface area contributed by atoms with Gasteiger partial charge in [0.2, 0.25) is 0 Å². The van der Waals surface area contributed by atoms with Crippen molar-refractivity contribution < 1.29 is 13.9 Å². The molecule has 0 aliphatic rings. The molecule has 102 valence electrons. The van der Waals surface area contributed by atoms with Crippen molar-refractivity contribution in [3.63, 3.8) is 0 Å². The second-order valence-corrected chi connectivity index (χ2v) is 4.50. The lowest BCUT2D eigenvalue weighted by molar-refractivity contribution is 0.179. The van der Waals surface area contributed by atoms with E-state index in [0.29, 0.717) is 16.6 Å². The highest BCUT2D eigenvalue weighted by molar-refractivity contribution is 5.52. The molecule has 1 aromatic carbocycles. The number of aliphatic hydroxyl groups is 1. The van der Waals surface area contributed by atoms with E-state index in [1.54, 1.807) is 23.1 Å². The Morgan fingerprint density at radius 2 is 1.90 bits per heavy atom. The number of hydrogen-bond donors (Lipinski definition) is 1. The van der Waals surface area contributed by atoms with Crippen molar-refractivity contribution >= 4 is 5.52 Å². The molecule has 1 atom stereocenters. The van der Waals surface area contributed by atoms with Crippen LogP contribution in [0.3, 0.4) is 0 Å². The maximum atomic E-state index is 13.1. The van der Waals surface area contributed by atoms with Gasteiger partial charge in [0.1, 0.15) is 11.6 Å². The van der Waals surface area contributed by atoms with Crippen molar-refractivity contribution in [2.45, 2.75) is 12.5 Å². The summed E-state index contributed by atoms with van der Waals surface area (Å²) >= 11 is 0. The second kappa shape index (κ2) is 4.97. The summed E-state index contributed by atoms with van der Waals surface area (Å²) in [7, 11) is 0. The third-order valence-corrected chi connectivity index (χ3v) is 3.06. The van der Waals surface area contributed by atoms with Gasteiger partial charge in [0.25, 0.3) is 0 Å². The molecule has 1 unspecified atom stereocenters. The highest BCUT2D eigenvalue weighted by atomic mass is 19.1.